The molecule has 0 aromatic heterocycles. The fourth-order valence-electron chi connectivity index (χ4n) is 2.47. The fraction of sp³-hybridized carbons (Fsp3) is 0.500. The van der Waals surface area contributed by atoms with Crippen LogP contribution in [0.3, 0.4) is 0 Å². The smallest absolute Gasteiger partial charge is 0.230 e. The van der Waals surface area contributed by atoms with Crippen molar-refractivity contribution in [3.05, 3.63) is 34.3 Å². The molecule has 1 aromatic carbocycles. The van der Waals surface area contributed by atoms with Gasteiger partial charge in [-0.25, -0.2) is 0 Å². The van der Waals surface area contributed by atoms with E-state index in [1.807, 2.05) is 24.3 Å². The first-order valence-corrected chi connectivity index (χ1v) is 7.21. The molecule has 1 aliphatic rings. The topological polar surface area (TPSA) is 58.6 Å². The molecule has 0 aliphatic carbocycles. The van der Waals surface area contributed by atoms with E-state index in [4.69, 9.17) is 9.84 Å². The van der Waals surface area contributed by atoms with Gasteiger partial charge in [0.25, 0.3) is 0 Å². The van der Waals surface area contributed by atoms with Crippen molar-refractivity contribution in [3.63, 3.8) is 0 Å². The largest absolute Gasteiger partial charge is 0.395 e. The predicted molar refractivity (Wildman–Crippen MR) is 76.0 cm³/mol. The summed E-state index contributed by atoms with van der Waals surface area (Å²) in [5, 5.41) is 11.7. The molecule has 0 saturated carbocycles. The lowest BCUT2D eigenvalue weighted by atomic mass is 9.73. The number of benzene rings is 1. The second-order valence-electron chi connectivity index (χ2n) is 4.68. The van der Waals surface area contributed by atoms with Gasteiger partial charge in [0, 0.05) is 24.2 Å². The Morgan fingerprint density at radius 3 is 2.53 bits per heavy atom. The summed E-state index contributed by atoms with van der Waals surface area (Å²) in [6, 6.07) is 7.86. The van der Waals surface area contributed by atoms with Crippen LogP contribution in [0.15, 0.2) is 28.7 Å². The number of nitrogens with one attached hydrogen (secondary N) is 1. The quantitative estimate of drug-likeness (QED) is 0.883. The first-order chi connectivity index (χ1) is 9.19. The highest BCUT2D eigenvalue weighted by Crippen LogP contribution is 2.35. The Hall–Kier alpha value is -0.910. The lowest BCUT2D eigenvalue weighted by molar-refractivity contribution is -0.130. The van der Waals surface area contributed by atoms with Crippen molar-refractivity contribution in [1.29, 1.82) is 0 Å². The Balaban J connectivity index is 2.28. The van der Waals surface area contributed by atoms with E-state index in [1.54, 1.807) is 0 Å². The highest BCUT2D eigenvalue weighted by molar-refractivity contribution is 9.10. The summed E-state index contributed by atoms with van der Waals surface area (Å²) in [5.74, 6) is -0.0211. The highest BCUT2D eigenvalue weighted by atomic mass is 79.9. The van der Waals surface area contributed by atoms with Gasteiger partial charge >= 0.3 is 0 Å². The molecule has 0 spiro atoms. The molecule has 5 heteroatoms. The van der Waals surface area contributed by atoms with Crippen LogP contribution < -0.4 is 5.32 Å². The number of halogens is 1. The van der Waals surface area contributed by atoms with Gasteiger partial charge in [-0.15, -0.1) is 0 Å². The van der Waals surface area contributed by atoms with E-state index in [-0.39, 0.29) is 19.1 Å². The molecule has 2 rings (SSSR count). The van der Waals surface area contributed by atoms with Crippen LogP contribution in [0.5, 0.6) is 0 Å². The molecule has 1 saturated heterocycles. The van der Waals surface area contributed by atoms with E-state index in [0.29, 0.717) is 26.1 Å². The molecule has 104 valence electrons. The molecule has 4 nitrogen and oxygen atoms in total. The first kappa shape index (κ1) is 14.5. The number of amides is 1. The molecule has 0 atom stereocenters. The summed E-state index contributed by atoms with van der Waals surface area (Å²) in [5.41, 5.74) is 0.475. The third kappa shape index (κ3) is 3.16. The van der Waals surface area contributed by atoms with Gasteiger partial charge in [-0.2, -0.15) is 0 Å². The molecule has 0 bridgehead atoms. The van der Waals surface area contributed by atoms with Crippen LogP contribution in [0.25, 0.3) is 0 Å². The normalized spacial score (nSPS) is 18.0. The number of aliphatic hydroxyl groups is 1. The molecule has 1 fully saturated rings. The third-order valence-corrected chi connectivity index (χ3v) is 4.10. The van der Waals surface area contributed by atoms with Crippen molar-refractivity contribution >= 4 is 21.8 Å². The van der Waals surface area contributed by atoms with Crippen LogP contribution >= 0.6 is 15.9 Å². The van der Waals surface area contributed by atoms with Gasteiger partial charge in [0.1, 0.15) is 0 Å². The number of carbonyl (C=O) groups excluding carboxylic acids is 1. The molecule has 0 unspecified atom stereocenters. The van der Waals surface area contributed by atoms with E-state index >= 15 is 0 Å². The summed E-state index contributed by atoms with van der Waals surface area (Å²) in [4.78, 5) is 12.5. The zero-order chi connectivity index (χ0) is 13.7. The summed E-state index contributed by atoms with van der Waals surface area (Å²) < 4.78 is 6.38. The van der Waals surface area contributed by atoms with Crippen molar-refractivity contribution < 1.29 is 14.6 Å². The maximum atomic E-state index is 12.5. The maximum Gasteiger partial charge on any atom is 0.230 e. The van der Waals surface area contributed by atoms with Crippen LogP contribution in [-0.4, -0.2) is 37.4 Å². The molecule has 1 aromatic rings. The van der Waals surface area contributed by atoms with Gasteiger partial charge in [-0.1, -0.05) is 28.1 Å². The lowest BCUT2D eigenvalue weighted by Gasteiger charge is -2.36. The number of hydrogen-bond donors (Lipinski definition) is 2. The van der Waals surface area contributed by atoms with Gasteiger partial charge in [0.05, 0.1) is 12.0 Å². The first-order valence-electron chi connectivity index (χ1n) is 6.42. The molecule has 2 N–H and O–H groups in total. The van der Waals surface area contributed by atoms with Gasteiger partial charge < -0.3 is 15.2 Å². The Morgan fingerprint density at radius 2 is 1.95 bits per heavy atom. The van der Waals surface area contributed by atoms with Crippen LogP contribution in [0.4, 0.5) is 0 Å². The molecule has 19 heavy (non-hydrogen) atoms. The number of carbonyl (C=O) groups is 1. The van der Waals surface area contributed by atoms with Crippen LogP contribution in [0, 0.1) is 0 Å². The maximum absolute atomic E-state index is 12.5. The third-order valence-electron chi connectivity index (χ3n) is 3.58. The zero-order valence-electron chi connectivity index (χ0n) is 10.7. The van der Waals surface area contributed by atoms with E-state index in [2.05, 4.69) is 21.2 Å². The minimum atomic E-state index is -0.534. The van der Waals surface area contributed by atoms with E-state index in [9.17, 15) is 4.79 Å². The molecular formula is C14H18BrNO3. The summed E-state index contributed by atoms with van der Waals surface area (Å²) in [7, 11) is 0. The number of ether oxygens (including phenoxy) is 1. The summed E-state index contributed by atoms with van der Waals surface area (Å²) >= 11 is 3.41. The van der Waals surface area contributed by atoms with Crippen molar-refractivity contribution in [3.8, 4) is 0 Å². The van der Waals surface area contributed by atoms with Crippen molar-refractivity contribution in [2.75, 3.05) is 26.4 Å². The van der Waals surface area contributed by atoms with E-state index in [1.165, 1.54) is 0 Å². The average molecular weight is 328 g/mol. The van der Waals surface area contributed by atoms with Crippen LogP contribution in [-0.2, 0) is 14.9 Å². The standard InChI is InChI=1S/C14H18BrNO3/c15-12-3-1-11(2-4-12)14(5-9-19-10-6-14)13(18)16-7-8-17/h1-4,17H,5-10H2,(H,16,18). The Bertz CT molecular complexity index is 427. The minimum Gasteiger partial charge on any atom is -0.395 e. The number of rotatable bonds is 4. The summed E-state index contributed by atoms with van der Waals surface area (Å²) in [6.07, 6.45) is 1.35. The average Bonchev–Trinajstić information content (AvgIpc) is 2.46. The Labute approximate surface area is 121 Å². The zero-order valence-corrected chi connectivity index (χ0v) is 12.3. The monoisotopic (exact) mass is 327 g/mol. The number of hydrogen-bond acceptors (Lipinski definition) is 3. The molecule has 1 heterocycles. The minimum absolute atomic E-state index is 0.0211. The fourth-order valence-corrected chi connectivity index (χ4v) is 2.74. The van der Waals surface area contributed by atoms with Gasteiger partial charge in [-0.3, -0.25) is 4.79 Å². The van der Waals surface area contributed by atoms with Gasteiger partial charge in [0.2, 0.25) is 5.91 Å². The van der Waals surface area contributed by atoms with Crippen molar-refractivity contribution in [2.45, 2.75) is 18.3 Å². The van der Waals surface area contributed by atoms with Crippen molar-refractivity contribution in [2.24, 2.45) is 0 Å². The second kappa shape index (κ2) is 6.50. The second-order valence-corrected chi connectivity index (χ2v) is 5.60. The molecule has 1 aliphatic heterocycles. The van der Waals surface area contributed by atoms with Crippen LogP contribution in [0.1, 0.15) is 18.4 Å². The van der Waals surface area contributed by atoms with Crippen molar-refractivity contribution in [1.82, 2.24) is 5.32 Å². The SMILES string of the molecule is O=C(NCCO)C1(c2ccc(Br)cc2)CCOCC1. The van der Waals surface area contributed by atoms with Crippen LogP contribution in [0.2, 0.25) is 0 Å². The molecule has 0 radical (unpaired) electrons. The Kier molecular flexibility index (Phi) is 4.96. The van der Waals surface area contributed by atoms with Gasteiger partial charge in [-0.05, 0) is 30.5 Å². The highest BCUT2D eigenvalue weighted by Gasteiger charge is 2.41. The Morgan fingerprint density at radius 1 is 1.32 bits per heavy atom. The lowest BCUT2D eigenvalue weighted by Crippen LogP contribution is -2.48. The van der Waals surface area contributed by atoms with E-state index < -0.39 is 5.41 Å². The summed E-state index contributed by atoms with van der Waals surface area (Å²) in [6.45, 7) is 1.42. The molecule has 1 amide bonds. The van der Waals surface area contributed by atoms with E-state index in [0.717, 1.165) is 10.0 Å². The predicted octanol–water partition coefficient (Wildman–Crippen LogP) is 1.61. The van der Waals surface area contributed by atoms with Gasteiger partial charge in [0.15, 0.2) is 0 Å². The molecular weight excluding hydrogens is 310 g/mol. The number of aliphatic hydroxyl groups excluding tert-OH is 1.